The van der Waals surface area contributed by atoms with Crippen LogP contribution in [0, 0.1) is 9.81 Å². The fourth-order valence-corrected chi connectivity index (χ4v) is 6.46. The van der Waals surface area contributed by atoms with Crippen molar-refractivity contribution in [1.29, 1.82) is 0 Å². The van der Waals surface area contributed by atoms with Crippen molar-refractivity contribution in [3.05, 3.63) is 9.81 Å². The average Bonchev–Trinajstić information content (AvgIpc) is 2.64. The van der Waals surface area contributed by atoms with Crippen LogP contribution in [0.3, 0.4) is 0 Å². The monoisotopic (exact) mass is 401 g/mol. The van der Waals surface area contributed by atoms with Crippen molar-refractivity contribution in [2.24, 2.45) is 9.16 Å². The van der Waals surface area contributed by atoms with E-state index in [4.69, 9.17) is 0 Å². The fraction of sp³-hybridized carbons (Fsp3) is 1.00. The molecule has 0 bridgehead atoms. The van der Waals surface area contributed by atoms with E-state index in [-0.39, 0.29) is 9.49 Å². The maximum absolute atomic E-state index is 11.1. The first-order chi connectivity index (χ1) is 12.7. The summed E-state index contributed by atoms with van der Waals surface area (Å²) in [6.07, 6.45) is 15.3. The van der Waals surface area contributed by atoms with Gasteiger partial charge in [0.2, 0.25) is 0 Å². The fourth-order valence-electron chi connectivity index (χ4n) is 4.72. The summed E-state index contributed by atoms with van der Waals surface area (Å²) >= 11 is 2.55. The molecule has 5 nitrogen and oxygen atoms in total. The van der Waals surface area contributed by atoms with E-state index >= 15 is 0 Å². The molecule has 2 aliphatic carbocycles. The molecule has 0 N–H and O–H groups in total. The lowest BCUT2D eigenvalue weighted by Crippen LogP contribution is -2.48. The lowest BCUT2D eigenvalue weighted by atomic mass is 9.85. The van der Waals surface area contributed by atoms with Crippen molar-refractivity contribution in [1.82, 2.24) is 4.90 Å². The Balaban J connectivity index is 2.09. The van der Waals surface area contributed by atoms with E-state index in [9.17, 15) is 9.81 Å². The molecule has 150 valence electrons. The molecule has 0 aromatic carbocycles. The van der Waals surface area contributed by atoms with Crippen molar-refractivity contribution >= 4 is 23.9 Å². The number of unbranched alkanes of at least 4 members (excludes halogenated alkanes) is 2. The molecule has 2 rings (SSSR count). The highest BCUT2D eigenvalue weighted by Crippen LogP contribution is 2.44. The van der Waals surface area contributed by atoms with Gasteiger partial charge in [0.1, 0.15) is 0 Å². The zero-order valence-electron chi connectivity index (χ0n) is 16.3. The van der Waals surface area contributed by atoms with Gasteiger partial charge in [0.25, 0.3) is 0 Å². The smallest absolute Gasteiger partial charge is 0.0539 e. The van der Waals surface area contributed by atoms with Crippen molar-refractivity contribution in [3.8, 4) is 0 Å². The van der Waals surface area contributed by atoms with Gasteiger partial charge in [-0.15, -0.1) is 9.81 Å². The Morgan fingerprint density at radius 1 is 0.769 bits per heavy atom. The van der Waals surface area contributed by atoms with Crippen LogP contribution in [-0.4, -0.2) is 34.0 Å². The largest absolute Gasteiger partial charge is 0.300 e. The van der Waals surface area contributed by atoms with E-state index in [1.54, 1.807) is 0 Å². The van der Waals surface area contributed by atoms with E-state index in [1.165, 1.54) is 81.7 Å². The van der Waals surface area contributed by atoms with E-state index < -0.39 is 0 Å². The topological polar surface area (TPSA) is 62.1 Å². The Hall–Kier alpha value is -0.140. The Morgan fingerprint density at radius 2 is 1.23 bits per heavy atom. The Bertz CT molecular complexity index is 391. The van der Waals surface area contributed by atoms with Gasteiger partial charge in [0.15, 0.2) is 0 Å². The first kappa shape index (κ1) is 22.2. The molecular formula is C19H35N3O2S2. The van der Waals surface area contributed by atoms with Crippen LogP contribution < -0.4 is 0 Å². The molecule has 2 aliphatic rings. The summed E-state index contributed by atoms with van der Waals surface area (Å²) in [7, 11) is 0. The maximum atomic E-state index is 11.1. The summed E-state index contributed by atoms with van der Waals surface area (Å²) in [5.41, 5.74) is 0. The van der Waals surface area contributed by atoms with Gasteiger partial charge in [0, 0.05) is 46.1 Å². The highest BCUT2D eigenvalue weighted by molar-refractivity contribution is 7.99. The molecule has 26 heavy (non-hydrogen) atoms. The minimum atomic E-state index is -0.0264. The third-order valence-corrected chi connectivity index (χ3v) is 8.09. The quantitative estimate of drug-likeness (QED) is 0.206. The van der Waals surface area contributed by atoms with Crippen molar-refractivity contribution in [2.45, 2.75) is 99.9 Å². The molecule has 0 heterocycles. The van der Waals surface area contributed by atoms with Crippen LogP contribution in [0.1, 0.15) is 90.4 Å². The Labute approximate surface area is 167 Å². The highest BCUT2D eigenvalue weighted by Gasteiger charge is 2.40. The molecule has 2 fully saturated rings. The number of hydrogen-bond donors (Lipinski definition) is 0. The molecule has 0 unspecified atom stereocenters. The van der Waals surface area contributed by atoms with Crippen LogP contribution in [0.4, 0.5) is 0 Å². The lowest BCUT2D eigenvalue weighted by Gasteiger charge is -2.43. The van der Waals surface area contributed by atoms with Gasteiger partial charge in [-0.3, -0.25) is 0 Å². The van der Waals surface area contributed by atoms with Crippen molar-refractivity contribution in [2.75, 3.05) is 19.6 Å². The first-order valence-corrected chi connectivity index (χ1v) is 12.0. The van der Waals surface area contributed by atoms with Crippen LogP contribution in [-0.2, 0) is 0 Å². The Kier molecular flexibility index (Phi) is 9.92. The maximum Gasteiger partial charge on any atom is 0.0539 e. The summed E-state index contributed by atoms with van der Waals surface area (Å²) in [5.74, 6) is 0. The molecule has 0 amide bonds. The van der Waals surface area contributed by atoms with Gasteiger partial charge in [-0.2, -0.15) is 0 Å². The average molecular weight is 402 g/mol. The molecule has 0 aromatic rings. The second kappa shape index (κ2) is 11.6. The van der Waals surface area contributed by atoms with Gasteiger partial charge in [0.05, 0.1) is 9.49 Å². The summed E-state index contributed by atoms with van der Waals surface area (Å²) in [4.78, 5) is 24.8. The van der Waals surface area contributed by atoms with Gasteiger partial charge < -0.3 is 4.90 Å². The van der Waals surface area contributed by atoms with Gasteiger partial charge in [-0.25, -0.2) is 0 Å². The lowest BCUT2D eigenvalue weighted by molar-refractivity contribution is 0.183. The van der Waals surface area contributed by atoms with Crippen LogP contribution in [0.25, 0.3) is 0 Å². The van der Waals surface area contributed by atoms with E-state index in [2.05, 4.69) is 21.0 Å². The van der Waals surface area contributed by atoms with Gasteiger partial charge in [-0.05, 0) is 38.6 Å². The third kappa shape index (κ3) is 6.79. The summed E-state index contributed by atoms with van der Waals surface area (Å²) in [6.45, 7) is 5.13. The van der Waals surface area contributed by atoms with Crippen LogP contribution in [0.5, 0.6) is 0 Å². The molecule has 0 atom stereocenters. The minimum Gasteiger partial charge on any atom is -0.300 e. The van der Waals surface area contributed by atoms with Crippen LogP contribution in [0.2, 0.25) is 0 Å². The molecule has 2 saturated carbocycles. The molecule has 0 spiro atoms. The van der Waals surface area contributed by atoms with Gasteiger partial charge >= 0.3 is 0 Å². The predicted octanol–water partition coefficient (Wildman–Crippen LogP) is 6.71. The van der Waals surface area contributed by atoms with E-state index in [0.29, 0.717) is 0 Å². The molecule has 0 aliphatic heterocycles. The number of rotatable bonds is 12. The number of nitroso groups, excluding NO2 is 2. The summed E-state index contributed by atoms with van der Waals surface area (Å²) in [5, 5.41) is 0. The number of nitrogens with zero attached hydrogens (tertiary/aromatic N) is 3. The second-order valence-electron chi connectivity index (χ2n) is 8.24. The minimum absolute atomic E-state index is 0.0264. The standard InChI is InChI=1S/C19H35N3O2S2/c1-2-3-10-15-22(16-18(25-20-23)11-6-4-7-12-18)17-19(26-21-24)13-8-5-9-14-19/h2-17H2,1H3. The number of hydrogen-bond acceptors (Lipinski definition) is 7. The van der Waals surface area contributed by atoms with Gasteiger partial charge in [-0.1, -0.05) is 58.3 Å². The normalized spacial score (nSPS) is 22.2. The predicted molar refractivity (Wildman–Crippen MR) is 114 cm³/mol. The third-order valence-electron chi connectivity index (χ3n) is 6.09. The van der Waals surface area contributed by atoms with E-state index in [1.807, 2.05) is 0 Å². The highest BCUT2D eigenvalue weighted by atomic mass is 32.2. The molecule has 0 saturated heterocycles. The Morgan fingerprint density at radius 3 is 1.62 bits per heavy atom. The molecular weight excluding hydrogens is 366 g/mol. The molecule has 0 radical (unpaired) electrons. The molecule has 0 aromatic heterocycles. The second-order valence-corrected chi connectivity index (χ2v) is 10.6. The zero-order valence-corrected chi connectivity index (χ0v) is 17.9. The van der Waals surface area contributed by atoms with Crippen LogP contribution >= 0.6 is 23.9 Å². The SMILES string of the molecule is CCCCCN(CC1(SN=O)CCCCC1)CC1(SN=O)CCCCC1. The summed E-state index contributed by atoms with van der Waals surface area (Å²) in [6, 6.07) is 0. The summed E-state index contributed by atoms with van der Waals surface area (Å²) < 4.78 is 6.44. The zero-order chi connectivity index (χ0) is 18.7. The molecule has 7 heteroatoms. The van der Waals surface area contributed by atoms with Crippen molar-refractivity contribution < 1.29 is 0 Å². The first-order valence-electron chi connectivity index (χ1n) is 10.4. The van der Waals surface area contributed by atoms with E-state index in [0.717, 1.165) is 45.3 Å². The van der Waals surface area contributed by atoms with Crippen LogP contribution in [0.15, 0.2) is 9.16 Å². The van der Waals surface area contributed by atoms with Crippen molar-refractivity contribution in [3.63, 3.8) is 0 Å².